The lowest BCUT2D eigenvalue weighted by Crippen LogP contribution is -2.32. The number of halogens is 3. The van der Waals surface area contributed by atoms with Crippen LogP contribution in [0.4, 0.5) is 13.2 Å². The number of hydrogen-bond acceptors (Lipinski definition) is 4. The lowest BCUT2D eigenvalue weighted by molar-refractivity contribution is -0.192. The number of nitrogens with one attached hydrogen (secondary N) is 1. The number of nitrogens with zero attached hydrogens (tertiary/aromatic N) is 1. The largest absolute Gasteiger partial charge is 0.490 e. The second-order valence-electron chi connectivity index (χ2n) is 5.42. The van der Waals surface area contributed by atoms with E-state index in [2.05, 4.69) is 18.0 Å². The molecule has 1 saturated heterocycles. The normalized spacial score (nSPS) is 17.7. The van der Waals surface area contributed by atoms with Crippen molar-refractivity contribution in [1.82, 2.24) is 9.88 Å². The molecule has 3 heterocycles. The van der Waals surface area contributed by atoms with Crippen LogP contribution in [0.3, 0.4) is 0 Å². The molecule has 1 aliphatic heterocycles. The fourth-order valence-corrected chi connectivity index (χ4v) is 3.23. The minimum atomic E-state index is -5.08. The third-order valence-corrected chi connectivity index (χ3v) is 4.41. The number of carbonyl (C=O) groups excluding carboxylic acids is 1. The SMILES string of the molecule is Cc1cc2[nH]c(C(=O)N3CC[C@H](N)C3)cc2s1.O=C(O)C(F)(F)F. The van der Waals surface area contributed by atoms with Gasteiger partial charge in [0.1, 0.15) is 5.69 Å². The molecule has 1 amide bonds. The quantitative estimate of drug-likeness (QED) is 0.724. The Balaban J connectivity index is 0.000000256. The highest BCUT2D eigenvalue weighted by atomic mass is 32.1. The number of aryl methyl sites for hydroxylation is 1. The van der Waals surface area contributed by atoms with Crippen LogP contribution >= 0.6 is 11.3 Å². The van der Waals surface area contributed by atoms with E-state index in [1.54, 1.807) is 11.3 Å². The van der Waals surface area contributed by atoms with Crippen LogP contribution in [0.5, 0.6) is 0 Å². The number of carbonyl (C=O) groups is 2. The van der Waals surface area contributed by atoms with E-state index in [1.165, 1.54) is 4.88 Å². The molecule has 0 radical (unpaired) electrons. The Morgan fingerprint density at radius 3 is 2.50 bits per heavy atom. The van der Waals surface area contributed by atoms with Gasteiger partial charge in [0.15, 0.2) is 0 Å². The van der Waals surface area contributed by atoms with Crippen LogP contribution in [0.1, 0.15) is 21.8 Å². The van der Waals surface area contributed by atoms with Crippen molar-refractivity contribution in [2.45, 2.75) is 25.6 Å². The van der Waals surface area contributed by atoms with E-state index in [0.717, 1.165) is 23.2 Å². The highest BCUT2D eigenvalue weighted by Gasteiger charge is 2.38. The van der Waals surface area contributed by atoms with Gasteiger partial charge >= 0.3 is 12.1 Å². The number of alkyl halides is 3. The third kappa shape index (κ3) is 4.26. The Kier molecular flexibility index (Phi) is 5.19. The number of carboxylic acid groups (broad SMARTS) is 1. The predicted octanol–water partition coefficient (Wildman–Crippen LogP) is 2.34. The zero-order valence-corrected chi connectivity index (χ0v) is 13.5. The summed E-state index contributed by atoms with van der Waals surface area (Å²) in [5.74, 6) is -2.69. The molecular weight excluding hydrogens is 347 g/mol. The first-order valence-corrected chi connectivity index (χ1v) is 7.83. The number of aromatic amines is 1. The zero-order valence-electron chi connectivity index (χ0n) is 12.7. The van der Waals surface area contributed by atoms with E-state index in [-0.39, 0.29) is 11.9 Å². The summed E-state index contributed by atoms with van der Waals surface area (Å²) < 4.78 is 32.9. The van der Waals surface area contributed by atoms with Crippen molar-refractivity contribution in [2.24, 2.45) is 5.73 Å². The number of aromatic nitrogens is 1. The molecule has 0 spiro atoms. The summed E-state index contributed by atoms with van der Waals surface area (Å²) in [6.07, 6.45) is -4.18. The van der Waals surface area contributed by atoms with Gasteiger partial charge in [-0.3, -0.25) is 4.79 Å². The standard InChI is InChI=1S/C12H15N3OS.C2HF3O2/c1-7-4-9-11(17-7)5-10(14-9)12(16)15-3-2-8(13)6-15;3-2(4,5)1(6)7/h4-5,8,14H,2-3,6,13H2,1H3;(H,6,7)/t8-;/m0./s1. The number of aliphatic carboxylic acids is 1. The van der Waals surface area contributed by atoms with E-state index >= 15 is 0 Å². The third-order valence-electron chi connectivity index (χ3n) is 3.41. The maximum absolute atomic E-state index is 12.2. The first-order chi connectivity index (χ1) is 11.1. The molecule has 2 aromatic rings. The van der Waals surface area contributed by atoms with Gasteiger partial charge in [-0.2, -0.15) is 13.2 Å². The molecule has 0 aromatic carbocycles. The Bertz CT molecular complexity index is 722. The molecule has 0 bridgehead atoms. The summed E-state index contributed by atoms with van der Waals surface area (Å²) in [7, 11) is 0. The number of hydrogen-bond donors (Lipinski definition) is 3. The highest BCUT2D eigenvalue weighted by Crippen LogP contribution is 2.26. The van der Waals surface area contributed by atoms with Crippen LogP contribution in [-0.2, 0) is 4.79 Å². The first kappa shape index (κ1) is 18.3. The number of fused-ring (bicyclic) bond motifs is 1. The van der Waals surface area contributed by atoms with Gasteiger partial charge in [-0.25, -0.2) is 4.79 Å². The van der Waals surface area contributed by atoms with Crippen LogP contribution < -0.4 is 5.73 Å². The van der Waals surface area contributed by atoms with Gasteiger partial charge in [0.25, 0.3) is 5.91 Å². The van der Waals surface area contributed by atoms with Gasteiger partial charge in [-0.05, 0) is 25.5 Å². The molecule has 132 valence electrons. The summed E-state index contributed by atoms with van der Waals surface area (Å²) in [6, 6.07) is 4.16. The number of carboxylic acids is 1. The molecule has 3 rings (SSSR count). The fraction of sp³-hybridized carbons (Fsp3) is 0.429. The van der Waals surface area contributed by atoms with Gasteiger partial charge < -0.3 is 20.7 Å². The van der Waals surface area contributed by atoms with E-state index in [1.807, 2.05) is 11.0 Å². The number of likely N-dealkylation sites (tertiary alicyclic amines) is 1. The second kappa shape index (κ2) is 6.81. The molecule has 24 heavy (non-hydrogen) atoms. The molecule has 1 fully saturated rings. The summed E-state index contributed by atoms with van der Waals surface area (Å²) in [5.41, 5.74) is 7.55. The van der Waals surface area contributed by atoms with Crippen molar-refractivity contribution in [2.75, 3.05) is 13.1 Å². The number of thiophene rings is 1. The molecule has 1 atom stereocenters. The van der Waals surface area contributed by atoms with E-state index in [4.69, 9.17) is 15.6 Å². The number of nitrogens with two attached hydrogens (primary N) is 1. The summed E-state index contributed by atoms with van der Waals surface area (Å²) in [4.78, 5) is 27.4. The van der Waals surface area contributed by atoms with E-state index < -0.39 is 12.1 Å². The van der Waals surface area contributed by atoms with Gasteiger partial charge in [0.05, 0.1) is 10.2 Å². The Labute approximate surface area is 139 Å². The van der Waals surface area contributed by atoms with Crippen molar-refractivity contribution in [3.05, 3.63) is 22.7 Å². The lowest BCUT2D eigenvalue weighted by atomic mass is 10.3. The van der Waals surface area contributed by atoms with Crippen LogP contribution in [0.2, 0.25) is 0 Å². The minimum Gasteiger partial charge on any atom is -0.475 e. The van der Waals surface area contributed by atoms with Crippen LogP contribution in [0.25, 0.3) is 10.2 Å². The molecule has 0 saturated carbocycles. The average Bonchev–Trinajstić information content (AvgIpc) is 3.11. The van der Waals surface area contributed by atoms with Crippen molar-refractivity contribution in [1.29, 1.82) is 0 Å². The van der Waals surface area contributed by atoms with Gasteiger partial charge in [-0.15, -0.1) is 11.3 Å². The minimum absolute atomic E-state index is 0.0685. The fourth-order valence-electron chi connectivity index (χ4n) is 2.31. The van der Waals surface area contributed by atoms with Crippen molar-refractivity contribution in [3.63, 3.8) is 0 Å². The van der Waals surface area contributed by atoms with Crippen molar-refractivity contribution < 1.29 is 27.9 Å². The smallest absolute Gasteiger partial charge is 0.475 e. The number of H-pyrrole nitrogens is 1. The molecule has 2 aromatic heterocycles. The predicted molar refractivity (Wildman–Crippen MR) is 83.1 cm³/mol. The molecule has 6 nitrogen and oxygen atoms in total. The highest BCUT2D eigenvalue weighted by molar-refractivity contribution is 7.19. The van der Waals surface area contributed by atoms with Crippen LogP contribution in [0.15, 0.2) is 12.1 Å². The lowest BCUT2D eigenvalue weighted by Gasteiger charge is -2.14. The average molecular weight is 363 g/mol. The monoisotopic (exact) mass is 363 g/mol. The van der Waals surface area contributed by atoms with Crippen molar-refractivity contribution in [3.8, 4) is 0 Å². The van der Waals surface area contributed by atoms with Gasteiger partial charge in [-0.1, -0.05) is 0 Å². The van der Waals surface area contributed by atoms with E-state index in [9.17, 15) is 18.0 Å². The molecule has 0 aliphatic carbocycles. The summed E-state index contributed by atoms with van der Waals surface area (Å²) >= 11 is 1.71. The number of amides is 1. The first-order valence-electron chi connectivity index (χ1n) is 7.02. The molecule has 1 aliphatic rings. The molecular formula is C14H16F3N3O3S. The Morgan fingerprint density at radius 1 is 1.42 bits per heavy atom. The molecule has 0 unspecified atom stereocenters. The summed E-state index contributed by atoms with van der Waals surface area (Å²) in [5, 5.41) is 7.12. The van der Waals surface area contributed by atoms with Gasteiger partial charge in [0, 0.05) is 24.0 Å². The second-order valence-corrected chi connectivity index (χ2v) is 6.71. The molecule has 4 N–H and O–H groups in total. The maximum atomic E-state index is 12.2. The zero-order chi connectivity index (χ0) is 18.1. The van der Waals surface area contributed by atoms with Crippen LogP contribution in [-0.4, -0.2) is 52.2 Å². The summed E-state index contributed by atoms with van der Waals surface area (Å²) in [6.45, 7) is 3.51. The van der Waals surface area contributed by atoms with Crippen molar-refractivity contribution >= 4 is 33.4 Å². The number of rotatable bonds is 1. The van der Waals surface area contributed by atoms with E-state index in [0.29, 0.717) is 12.2 Å². The van der Waals surface area contributed by atoms with Gasteiger partial charge in [0.2, 0.25) is 0 Å². The Hall–Kier alpha value is -2.07. The Morgan fingerprint density at radius 2 is 2.04 bits per heavy atom. The molecule has 10 heteroatoms. The topological polar surface area (TPSA) is 99.4 Å². The maximum Gasteiger partial charge on any atom is 0.490 e. The van der Waals surface area contributed by atoms with Crippen LogP contribution in [0, 0.1) is 6.92 Å².